The van der Waals surface area contributed by atoms with Crippen molar-refractivity contribution in [2.24, 2.45) is 7.05 Å². The zero-order chi connectivity index (χ0) is 24.4. The summed E-state index contributed by atoms with van der Waals surface area (Å²) in [5.41, 5.74) is 7.57. The van der Waals surface area contributed by atoms with Crippen molar-refractivity contribution in [2.75, 3.05) is 10.1 Å². The number of ether oxygens (including phenoxy) is 1. The average Bonchev–Trinajstić information content (AvgIpc) is 3.20. The van der Waals surface area contributed by atoms with Gasteiger partial charge in [-0.15, -0.1) is 0 Å². The summed E-state index contributed by atoms with van der Waals surface area (Å²) < 4.78 is 50.6. The first-order chi connectivity index (χ1) is 16.1. The van der Waals surface area contributed by atoms with Crippen molar-refractivity contribution in [1.29, 1.82) is 5.26 Å². The van der Waals surface area contributed by atoms with Crippen LogP contribution in [0.5, 0.6) is 5.75 Å². The minimum atomic E-state index is -4.27. The highest BCUT2D eigenvalue weighted by molar-refractivity contribution is 7.91. The summed E-state index contributed by atoms with van der Waals surface area (Å²) in [6, 6.07) is 7.21. The molecular formula is C20H19FN8O4S. The highest BCUT2D eigenvalue weighted by Crippen LogP contribution is 2.40. The van der Waals surface area contributed by atoms with E-state index in [1.54, 1.807) is 20.0 Å². The van der Waals surface area contributed by atoms with Crippen LogP contribution in [0.15, 0.2) is 30.5 Å². The van der Waals surface area contributed by atoms with Gasteiger partial charge in [-0.05, 0) is 31.2 Å². The molecule has 0 spiro atoms. The summed E-state index contributed by atoms with van der Waals surface area (Å²) in [4.78, 5) is 4.18. The number of nitrogens with zero attached hydrogens (tertiary/aromatic N) is 6. The van der Waals surface area contributed by atoms with E-state index >= 15 is 0 Å². The highest BCUT2D eigenvalue weighted by atomic mass is 32.2. The third-order valence-corrected chi connectivity index (χ3v) is 7.01. The summed E-state index contributed by atoms with van der Waals surface area (Å²) in [5.74, 6) is -0.385. The molecule has 1 unspecified atom stereocenters. The van der Waals surface area contributed by atoms with Crippen LogP contribution in [0.4, 0.5) is 15.9 Å². The fourth-order valence-corrected chi connectivity index (χ4v) is 5.48. The first-order valence-electron chi connectivity index (χ1n) is 10.1. The Labute approximate surface area is 193 Å². The van der Waals surface area contributed by atoms with Crippen molar-refractivity contribution in [1.82, 2.24) is 24.5 Å². The highest BCUT2D eigenvalue weighted by Gasteiger charge is 2.44. The molecule has 2 atom stereocenters. The number of hydrogen-bond acceptors (Lipinski definition) is 9. The first-order valence-corrected chi connectivity index (χ1v) is 11.5. The average molecular weight is 486 g/mol. The van der Waals surface area contributed by atoms with Gasteiger partial charge in [-0.2, -0.15) is 32.9 Å². The van der Waals surface area contributed by atoms with Crippen LogP contribution < -0.4 is 19.6 Å². The second-order valence-corrected chi connectivity index (χ2v) is 9.35. The quantitative estimate of drug-likeness (QED) is 0.418. The summed E-state index contributed by atoms with van der Waals surface area (Å²) in [6.07, 6.45) is -1.08. The Morgan fingerprint density at radius 1 is 1.38 bits per heavy atom. The van der Waals surface area contributed by atoms with Crippen LogP contribution in [-0.4, -0.2) is 39.6 Å². The normalized spacial score (nSPS) is 21.3. The maximum atomic E-state index is 14.2. The predicted molar refractivity (Wildman–Crippen MR) is 117 cm³/mol. The van der Waals surface area contributed by atoms with Crippen molar-refractivity contribution in [3.63, 3.8) is 0 Å². The number of hydrogen-bond donors (Lipinski definition) is 3. The van der Waals surface area contributed by atoms with E-state index in [9.17, 15) is 23.2 Å². The first kappa shape index (κ1) is 22.0. The Morgan fingerprint density at radius 2 is 2.15 bits per heavy atom. The minimum absolute atomic E-state index is 0.0548. The van der Waals surface area contributed by atoms with E-state index in [1.807, 2.05) is 0 Å². The molecule has 2 bridgehead atoms. The number of fused-ring (bicyclic) bond motifs is 7. The Hall–Kier alpha value is -3.77. The van der Waals surface area contributed by atoms with Gasteiger partial charge in [0.25, 0.3) is 0 Å². The largest absolute Gasteiger partial charge is 0.482 e. The van der Waals surface area contributed by atoms with Crippen LogP contribution in [0.25, 0.3) is 11.1 Å². The van der Waals surface area contributed by atoms with Crippen molar-refractivity contribution in [3.8, 4) is 22.9 Å². The summed E-state index contributed by atoms with van der Waals surface area (Å²) in [7, 11) is -2.70. The standard InChI is InChI=1S/C20H19FN8O4S/c1-10-13-6-12(21)3-4-15(13)29-28(20(30)26-34(29,31)32)9-14-18(16(7-22)27(2)25-14)11-5-17(33-10)19(23)24-8-11/h3-6,8,10,20,26,30H,9H2,1-2H3,(H2,23,24)/t10-,20?/m1/s1. The van der Waals surface area contributed by atoms with E-state index in [4.69, 9.17) is 10.5 Å². The Balaban J connectivity index is 1.82. The van der Waals surface area contributed by atoms with E-state index in [0.29, 0.717) is 11.1 Å². The van der Waals surface area contributed by atoms with Gasteiger partial charge in [0.05, 0.1) is 17.9 Å². The number of rotatable bonds is 0. The Kier molecular flexibility index (Phi) is 4.95. The number of hydrazine groups is 1. The van der Waals surface area contributed by atoms with Crippen molar-refractivity contribution in [3.05, 3.63) is 53.2 Å². The van der Waals surface area contributed by atoms with Gasteiger partial charge in [0.1, 0.15) is 23.7 Å². The molecule has 0 aliphatic carbocycles. The van der Waals surface area contributed by atoms with Crippen molar-refractivity contribution in [2.45, 2.75) is 25.9 Å². The van der Waals surface area contributed by atoms with Gasteiger partial charge >= 0.3 is 10.2 Å². The van der Waals surface area contributed by atoms with Gasteiger partial charge in [0.2, 0.25) is 0 Å². The molecule has 1 aromatic carbocycles. The third kappa shape index (κ3) is 3.33. The minimum Gasteiger partial charge on any atom is -0.482 e. The second kappa shape index (κ2) is 7.64. The van der Waals surface area contributed by atoms with Crippen LogP contribution in [0, 0.1) is 17.1 Å². The number of nitrogens with two attached hydrogens (primary N) is 1. The molecule has 2 aliphatic rings. The number of aliphatic hydroxyl groups is 1. The van der Waals surface area contributed by atoms with Crippen LogP contribution in [0.2, 0.25) is 0 Å². The van der Waals surface area contributed by atoms with Gasteiger partial charge in [-0.1, -0.05) is 0 Å². The lowest BCUT2D eigenvalue weighted by molar-refractivity contribution is 0.00955. The molecule has 176 valence electrons. The zero-order valence-corrected chi connectivity index (χ0v) is 18.8. The van der Waals surface area contributed by atoms with Gasteiger partial charge in [-0.3, -0.25) is 4.68 Å². The Bertz CT molecular complexity index is 1470. The fraction of sp³-hybridized carbons (Fsp3) is 0.250. The second-order valence-electron chi connectivity index (χ2n) is 7.81. The third-order valence-electron chi connectivity index (χ3n) is 5.64. The number of benzene rings is 1. The van der Waals surface area contributed by atoms with Gasteiger partial charge in [0, 0.05) is 29.9 Å². The summed E-state index contributed by atoms with van der Waals surface area (Å²) >= 11 is 0. The van der Waals surface area contributed by atoms with Gasteiger partial charge in [-0.25, -0.2) is 9.37 Å². The maximum absolute atomic E-state index is 14.2. The van der Waals surface area contributed by atoms with E-state index in [1.165, 1.54) is 16.9 Å². The van der Waals surface area contributed by atoms with Crippen LogP contribution >= 0.6 is 0 Å². The molecule has 2 aliphatic heterocycles. The van der Waals surface area contributed by atoms with Crippen molar-refractivity contribution >= 4 is 21.7 Å². The lowest BCUT2D eigenvalue weighted by Gasteiger charge is -2.31. The van der Waals surface area contributed by atoms with E-state index < -0.39 is 28.5 Å². The number of aliphatic hydroxyl groups excluding tert-OH is 1. The topological polar surface area (TPSA) is 163 Å². The number of anilines is 2. The number of halogens is 1. The molecule has 3 aromatic rings. The molecule has 5 rings (SSSR count). The maximum Gasteiger partial charge on any atom is 0.318 e. The number of aryl methyl sites for hydroxylation is 1. The number of nitrogen functional groups attached to an aromatic ring is 1. The molecule has 1 saturated heterocycles. The Morgan fingerprint density at radius 3 is 2.88 bits per heavy atom. The molecule has 4 heterocycles. The fourth-order valence-electron chi connectivity index (χ4n) is 4.14. The van der Waals surface area contributed by atoms with Crippen LogP contribution in [-0.2, 0) is 23.8 Å². The SMILES string of the molecule is C[C@H]1Oc2cc(cnc2N)-c2c(nn(C)c2C#N)CN2C(O)NS(=O)(=O)N2c2ccc(F)cc21. The molecule has 1 fully saturated rings. The zero-order valence-electron chi connectivity index (χ0n) is 18.0. The van der Waals surface area contributed by atoms with E-state index in [0.717, 1.165) is 21.6 Å². The number of nitriles is 1. The van der Waals surface area contributed by atoms with E-state index in [-0.39, 0.29) is 40.8 Å². The molecule has 2 aromatic heterocycles. The monoisotopic (exact) mass is 486 g/mol. The lowest BCUT2D eigenvalue weighted by atomic mass is 10.0. The molecule has 0 radical (unpaired) electrons. The van der Waals surface area contributed by atoms with Gasteiger partial charge < -0.3 is 15.6 Å². The molecule has 14 heteroatoms. The summed E-state index contributed by atoms with van der Waals surface area (Å²) in [5, 5.41) is 25.9. The van der Waals surface area contributed by atoms with Crippen LogP contribution in [0.1, 0.15) is 30.0 Å². The van der Waals surface area contributed by atoms with E-state index in [2.05, 4.69) is 20.9 Å². The molecular weight excluding hydrogens is 467 g/mol. The van der Waals surface area contributed by atoms with Crippen molar-refractivity contribution < 1.29 is 22.7 Å². The molecule has 34 heavy (non-hydrogen) atoms. The molecule has 0 saturated carbocycles. The smallest absolute Gasteiger partial charge is 0.318 e. The van der Waals surface area contributed by atoms with Crippen LogP contribution in [0.3, 0.4) is 0 Å². The number of aromatic nitrogens is 3. The molecule has 0 amide bonds. The summed E-state index contributed by atoms with van der Waals surface area (Å²) in [6.45, 7) is 1.38. The predicted octanol–water partition coefficient (Wildman–Crippen LogP) is 0.876. The lowest BCUT2D eigenvalue weighted by Crippen LogP contribution is -2.43. The molecule has 4 N–H and O–H groups in total. The number of pyridine rings is 1. The number of nitrogens with one attached hydrogen (secondary N) is 1. The van der Waals surface area contributed by atoms with Gasteiger partial charge in [0.15, 0.2) is 17.9 Å². The molecule has 12 nitrogen and oxygen atoms in total.